The number of carboxylic acids is 1. The largest absolute Gasteiger partial charge is 0.478 e. The quantitative estimate of drug-likeness (QED) is 0.874. The van der Waals surface area contributed by atoms with Gasteiger partial charge in [-0.05, 0) is 34.9 Å². The maximum absolute atomic E-state index is 12.3. The highest BCUT2D eigenvalue weighted by molar-refractivity contribution is 7.89. The van der Waals surface area contributed by atoms with Gasteiger partial charge in [0.1, 0.15) is 0 Å². The summed E-state index contributed by atoms with van der Waals surface area (Å²) >= 11 is 0. The zero-order chi connectivity index (χ0) is 16.1. The predicted molar refractivity (Wildman–Crippen MR) is 79.6 cm³/mol. The van der Waals surface area contributed by atoms with Crippen molar-refractivity contribution >= 4 is 16.0 Å². The van der Waals surface area contributed by atoms with Gasteiger partial charge in [-0.2, -0.15) is 0 Å². The third kappa shape index (κ3) is 2.70. The van der Waals surface area contributed by atoms with Crippen LogP contribution in [0.15, 0.2) is 29.2 Å². The van der Waals surface area contributed by atoms with E-state index in [0.717, 1.165) is 0 Å². The fourth-order valence-electron chi connectivity index (χ4n) is 2.92. The minimum atomic E-state index is -3.69. The van der Waals surface area contributed by atoms with E-state index in [0.29, 0.717) is 6.54 Å². The van der Waals surface area contributed by atoms with Crippen LogP contribution in [0.4, 0.5) is 0 Å². The van der Waals surface area contributed by atoms with Crippen molar-refractivity contribution in [1.29, 1.82) is 0 Å². The number of sulfonamides is 1. The van der Waals surface area contributed by atoms with Gasteiger partial charge in [-0.1, -0.05) is 33.8 Å². The fraction of sp³-hybridized carbons (Fsp3) is 0.533. The first kappa shape index (κ1) is 16.0. The lowest BCUT2D eigenvalue weighted by molar-refractivity contribution is 0.0696. The first-order chi connectivity index (χ1) is 9.50. The van der Waals surface area contributed by atoms with Crippen LogP contribution in [0.3, 0.4) is 0 Å². The molecule has 21 heavy (non-hydrogen) atoms. The monoisotopic (exact) mass is 311 g/mol. The molecule has 0 aromatic heterocycles. The molecule has 0 amide bonds. The van der Waals surface area contributed by atoms with E-state index in [1.165, 1.54) is 24.3 Å². The first-order valence-corrected chi connectivity index (χ1v) is 8.31. The van der Waals surface area contributed by atoms with Crippen LogP contribution in [0.25, 0.3) is 0 Å². The van der Waals surface area contributed by atoms with Gasteiger partial charge in [0.15, 0.2) is 0 Å². The standard InChI is InChI=1S/C15H21NO4S/c1-14(2)12(15(14,3)4)9-16-21(19,20)11-7-5-6-10(8-11)13(17)18/h5-8,12,16H,9H2,1-4H3,(H,17,18). The Balaban J connectivity index is 2.13. The molecule has 1 aromatic rings. The lowest BCUT2D eigenvalue weighted by atomic mass is 10.0. The van der Waals surface area contributed by atoms with E-state index in [9.17, 15) is 13.2 Å². The second-order valence-corrected chi connectivity index (χ2v) is 8.45. The van der Waals surface area contributed by atoms with E-state index in [-0.39, 0.29) is 27.2 Å². The van der Waals surface area contributed by atoms with Crippen molar-refractivity contribution in [2.24, 2.45) is 16.7 Å². The lowest BCUT2D eigenvalue weighted by Gasteiger charge is -2.08. The van der Waals surface area contributed by atoms with E-state index in [1.54, 1.807) is 0 Å². The van der Waals surface area contributed by atoms with E-state index in [1.807, 2.05) is 0 Å². The summed E-state index contributed by atoms with van der Waals surface area (Å²) < 4.78 is 27.1. The van der Waals surface area contributed by atoms with Gasteiger partial charge in [0.25, 0.3) is 0 Å². The van der Waals surface area contributed by atoms with Crippen molar-refractivity contribution in [2.45, 2.75) is 32.6 Å². The maximum Gasteiger partial charge on any atom is 0.335 e. The Morgan fingerprint density at radius 2 is 1.81 bits per heavy atom. The summed E-state index contributed by atoms with van der Waals surface area (Å²) in [6, 6.07) is 5.38. The number of carboxylic acid groups (broad SMARTS) is 1. The Morgan fingerprint density at radius 1 is 1.24 bits per heavy atom. The molecule has 1 aliphatic rings. The number of hydrogen-bond donors (Lipinski definition) is 2. The highest BCUT2D eigenvalue weighted by Crippen LogP contribution is 2.67. The lowest BCUT2D eigenvalue weighted by Crippen LogP contribution is -2.27. The molecule has 0 aliphatic heterocycles. The molecule has 2 rings (SSSR count). The molecule has 1 fully saturated rings. The minimum Gasteiger partial charge on any atom is -0.478 e. The maximum atomic E-state index is 12.3. The number of aromatic carboxylic acids is 1. The van der Waals surface area contributed by atoms with Gasteiger partial charge in [0, 0.05) is 6.54 Å². The topological polar surface area (TPSA) is 83.5 Å². The van der Waals surface area contributed by atoms with Crippen LogP contribution in [-0.2, 0) is 10.0 Å². The highest BCUT2D eigenvalue weighted by Gasteiger charge is 2.64. The van der Waals surface area contributed by atoms with E-state index < -0.39 is 16.0 Å². The van der Waals surface area contributed by atoms with Crippen molar-refractivity contribution in [2.75, 3.05) is 6.54 Å². The summed E-state index contributed by atoms with van der Waals surface area (Å²) in [4.78, 5) is 10.9. The predicted octanol–water partition coefficient (Wildman–Crippen LogP) is 2.35. The Kier molecular flexibility index (Phi) is 3.66. The molecule has 0 bridgehead atoms. The summed E-state index contributed by atoms with van der Waals surface area (Å²) in [6.07, 6.45) is 0. The Hall–Kier alpha value is -1.40. The van der Waals surface area contributed by atoms with Crippen LogP contribution >= 0.6 is 0 Å². The molecule has 1 aliphatic carbocycles. The van der Waals surface area contributed by atoms with Crippen LogP contribution in [0.5, 0.6) is 0 Å². The number of nitrogens with one attached hydrogen (secondary N) is 1. The third-order valence-corrected chi connectivity index (χ3v) is 6.61. The van der Waals surface area contributed by atoms with Gasteiger partial charge < -0.3 is 5.11 Å². The summed E-state index contributed by atoms with van der Waals surface area (Å²) in [6.45, 7) is 8.85. The Morgan fingerprint density at radius 3 is 2.29 bits per heavy atom. The van der Waals surface area contributed by atoms with Crippen LogP contribution in [0, 0.1) is 16.7 Å². The Labute approximate surface area is 125 Å². The van der Waals surface area contributed by atoms with Gasteiger partial charge in [-0.3, -0.25) is 0 Å². The number of rotatable bonds is 5. The molecule has 116 valence electrons. The molecule has 2 N–H and O–H groups in total. The van der Waals surface area contributed by atoms with Crippen molar-refractivity contribution < 1.29 is 18.3 Å². The van der Waals surface area contributed by atoms with Gasteiger partial charge in [0.2, 0.25) is 10.0 Å². The Bertz CT molecular complexity index is 663. The molecule has 1 saturated carbocycles. The van der Waals surface area contributed by atoms with E-state index in [4.69, 9.17) is 5.11 Å². The first-order valence-electron chi connectivity index (χ1n) is 6.83. The second-order valence-electron chi connectivity index (χ2n) is 6.68. The summed E-state index contributed by atoms with van der Waals surface area (Å²) in [5.41, 5.74) is 0.154. The fourth-order valence-corrected chi connectivity index (χ4v) is 4.01. The number of benzene rings is 1. The van der Waals surface area contributed by atoms with Crippen molar-refractivity contribution in [1.82, 2.24) is 4.72 Å². The average Bonchev–Trinajstić information content (AvgIpc) is 2.77. The van der Waals surface area contributed by atoms with Gasteiger partial charge in [0.05, 0.1) is 10.5 Å². The molecular formula is C15H21NO4S. The number of hydrogen-bond acceptors (Lipinski definition) is 3. The molecular weight excluding hydrogens is 290 g/mol. The van der Waals surface area contributed by atoms with Crippen LogP contribution in [0.2, 0.25) is 0 Å². The average molecular weight is 311 g/mol. The van der Waals surface area contributed by atoms with Crippen molar-refractivity contribution in [3.63, 3.8) is 0 Å². The van der Waals surface area contributed by atoms with Crippen molar-refractivity contribution in [3.8, 4) is 0 Å². The van der Waals surface area contributed by atoms with Crippen LogP contribution in [-0.4, -0.2) is 26.0 Å². The smallest absolute Gasteiger partial charge is 0.335 e. The van der Waals surface area contributed by atoms with Crippen molar-refractivity contribution in [3.05, 3.63) is 29.8 Å². The van der Waals surface area contributed by atoms with Crippen LogP contribution in [0.1, 0.15) is 38.1 Å². The molecule has 0 radical (unpaired) electrons. The molecule has 6 heteroatoms. The van der Waals surface area contributed by atoms with Gasteiger partial charge >= 0.3 is 5.97 Å². The van der Waals surface area contributed by atoms with Gasteiger partial charge in [-0.15, -0.1) is 0 Å². The van der Waals surface area contributed by atoms with E-state index >= 15 is 0 Å². The summed E-state index contributed by atoms with van der Waals surface area (Å²) in [5.74, 6) is -0.876. The highest BCUT2D eigenvalue weighted by atomic mass is 32.2. The zero-order valence-corrected chi connectivity index (χ0v) is 13.5. The SMILES string of the molecule is CC1(C)C(CNS(=O)(=O)c2cccc(C(=O)O)c2)C1(C)C. The second kappa shape index (κ2) is 4.81. The zero-order valence-electron chi connectivity index (χ0n) is 12.7. The van der Waals surface area contributed by atoms with Crippen LogP contribution < -0.4 is 4.72 Å². The number of carbonyl (C=O) groups is 1. The summed E-state index contributed by atoms with van der Waals surface area (Å²) in [5, 5.41) is 8.93. The molecule has 0 atom stereocenters. The minimum absolute atomic E-state index is 0.0151. The molecule has 0 spiro atoms. The normalized spacial score (nSPS) is 20.2. The van der Waals surface area contributed by atoms with E-state index in [2.05, 4.69) is 32.4 Å². The molecule has 5 nitrogen and oxygen atoms in total. The third-order valence-electron chi connectivity index (χ3n) is 5.19. The molecule has 0 unspecified atom stereocenters. The molecule has 0 heterocycles. The molecule has 1 aromatic carbocycles. The summed E-state index contributed by atoms with van der Waals surface area (Å²) in [7, 11) is -3.69. The van der Waals surface area contributed by atoms with Gasteiger partial charge in [-0.25, -0.2) is 17.9 Å². The molecule has 0 saturated heterocycles.